The van der Waals surface area contributed by atoms with E-state index >= 15 is 0 Å². The maximum absolute atomic E-state index is 12.8. The van der Waals surface area contributed by atoms with Gasteiger partial charge >= 0.3 is 5.69 Å². The van der Waals surface area contributed by atoms with E-state index in [0.29, 0.717) is 0 Å². The summed E-state index contributed by atoms with van der Waals surface area (Å²) in [6, 6.07) is 0. The first-order chi connectivity index (χ1) is 12.3. The van der Waals surface area contributed by atoms with Crippen LogP contribution < -0.4 is 17.0 Å². The van der Waals surface area contributed by atoms with Crippen molar-refractivity contribution in [3.63, 3.8) is 0 Å². The number of nitrogens with one attached hydrogen (secondary N) is 1. The van der Waals surface area contributed by atoms with Crippen molar-refractivity contribution < 1.29 is 35.7 Å². The molecular formula is C13H21N5O9. The van der Waals surface area contributed by atoms with Crippen LogP contribution in [0.4, 0.5) is 5.95 Å². The van der Waals surface area contributed by atoms with Gasteiger partial charge in [-0.2, -0.15) is 4.98 Å². The predicted octanol–water partition coefficient (Wildman–Crippen LogP) is -5.39. The van der Waals surface area contributed by atoms with E-state index in [-0.39, 0.29) is 22.6 Å². The number of nitrogens with zero attached hydrogens (tertiary/aromatic N) is 3. The highest BCUT2D eigenvalue weighted by molar-refractivity contribution is 5.71. The van der Waals surface area contributed by atoms with Crippen LogP contribution in [-0.2, 0) is 11.3 Å². The maximum Gasteiger partial charge on any atom is 0.332 e. The molecule has 0 bridgehead atoms. The zero-order chi connectivity index (χ0) is 19.2. The summed E-state index contributed by atoms with van der Waals surface area (Å²) in [4.78, 5) is 31.2. The van der Waals surface area contributed by atoms with Gasteiger partial charge in [-0.25, -0.2) is 9.36 Å². The van der Waals surface area contributed by atoms with E-state index in [0.717, 1.165) is 9.13 Å². The van der Waals surface area contributed by atoms with Crippen molar-refractivity contribution in [3.8, 4) is 0 Å². The van der Waals surface area contributed by atoms with Crippen molar-refractivity contribution in [1.29, 1.82) is 0 Å². The molecule has 1 unspecified atom stereocenters. The minimum Gasteiger partial charge on any atom is -0.412 e. The van der Waals surface area contributed by atoms with Crippen LogP contribution in [-0.4, -0.2) is 87.7 Å². The highest BCUT2D eigenvalue weighted by Crippen LogP contribution is 2.30. The topological polar surface area (TPSA) is 241 Å². The van der Waals surface area contributed by atoms with Crippen LogP contribution in [0.2, 0.25) is 0 Å². The molecule has 0 amide bonds. The van der Waals surface area contributed by atoms with Crippen LogP contribution in [0, 0.1) is 0 Å². The lowest BCUT2D eigenvalue weighted by Gasteiger charge is -2.15. The number of aromatic amines is 1. The third kappa shape index (κ3) is 3.34. The van der Waals surface area contributed by atoms with E-state index in [2.05, 4.69) is 9.97 Å². The predicted molar refractivity (Wildman–Crippen MR) is 88.7 cm³/mol. The fraction of sp³-hybridized carbons (Fsp3) is 0.615. The van der Waals surface area contributed by atoms with Crippen LogP contribution in [0.25, 0.3) is 11.2 Å². The molecule has 1 saturated heterocycles. The van der Waals surface area contributed by atoms with E-state index < -0.39 is 61.7 Å². The lowest BCUT2D eigenvalue weighted by molar-refractivity contribution is -0.0529. The van der Waals surface area contributed by atoms with Crippen molar-refractivity contribution >= 4 is 17.1 Å². The largest absolute Gasteiger partial charge is 0.412 e. The van der Waals surface area contributed by atoms with E-state index in [9.17, 15) is 30.0 Å². The summed E-state index contributed by atoms with van der Waals surface area (Å²) in [5.74, 6) is -0.303. The van der Waals surface area contributed by atoms with Crippen molar-refractivity contribution in [2.24, 2.45) is 0 Å². The standard InChI is InChI=1S/C13H19N5O8.H2O/c14-12-15-9-6(10(24)16-12)17(1-4(21)2-19)13(25)18(9)11-8(23)7(22)5(3-20)26-11;/h4-5,7-8,11,19-23H,1-3H2,(H3,14,15,16,24);1H2/t4?,5-,7-,8-,11-;/m1./s1. The zero-order valence-electron chi connectivity index (χ0n) is 13.9. The normalized spacial score (nSPS) is 26.3. The number of hydrogen-bond donors (Lipinski definition) is 7. The summed E-state index contributed by atoms with van der Waals surface area (Å²) in [5.41, 5.74) is 3.37. The molecule has 10 N–H and O–H groups in total. The number of rotatable bonds is 5. The Morgan fingerprint density at radius 2 is 1.93 bits per heavy atom. The third-order valence-electron chi connectivity index (χ3n) is 4.21. The van der Waals surface area contributed by atoms with E-state index in [1.54, 1.807) is 0 Å². The number of hydrogen-bond acceptors (Lipinski definition) is 10. The quantitative estimate of drug-likeness (QED) is 0.255. The molecule has 0 aliphatic carbocycles. The highest BCUT2D eigenvalue weighted by Gasteiger charge is 2.45. The van der Waals surface area contributed by atoms with Gasteiger partial charge in [0.1, 0.15) is 18.3 Å². The number of imidazole rings is 1. The maximum atomic E-state index is 12.8. The van der Waals surface area contributed by atoms with Crippen molar-refractivity contribution in [2.45, 2.75) is 37.2 Å². The summed E-state index contributed by atoms with van der Waals surface area (Å²) in [5, 5.41) is 48.0. The first-order valence-electron chi connectivity index (χ1n) is 7.72. The van der Waals surface area contributed by atoms with Crippen LogP contribution >= 0.6 is 0 Å². The summed E-state index contributed by atoms with van der Waals surface area (Å²) in [6.07, 6.45) is -7.00. The molecule has 27 heavy (non-hydrogen) atoms. The van der Waals surface area contributed by atoms with Gasteiger partial charge in [-0.3, -0.25) is 14.3 Å². The molecular weight excluding hydrogens is 370 g/mol. The molecule has 0 aromatic carbocycles. The second kappa shape index (κ2) is 7.73. The molecule has 1 aliphatic heterocycles. The zero-order valence-corrected chi connectivity index (χ0v) is 13.9. The second-order valence-electron chi connectivity index (χ2n) is 5.95. The minimum absolute atomic E-state index is 0. The average Bonchev–Trinajstić information content (AvgIpc) is 3.02. The number of nitrogen functional groups attached to an aromatic ring is 1. The van der Waals surface area contributed by atoms with Gasteiger partial charge in [-0.1, -0.05) is 0 Å². The Kier molecular flexibility index (Phi) is 6.01. The van der Waals surface area contributed by atoms with Gasteiger partial charge in [0, 0.05) is 0 Å². The molecule has 152 valence electrons. The molecule has 0 saturated carbocycles. The molecule has 2 aromatic rings. The Bertz CT molecular complexity index is 921. The van der Waals surface area contributed by atoms with Gasteiger partial charge in [-0.05, 0) is 0 Å². The van der Waals surface area contributed by atoms with Gasteiger partial charge in [0.2, 0.25) is 5.95 Å². The van der Waals surface area contributed by atoms with E-state index in [1.807, 2.05) is 0 Å². The molecule has 0 radical (unpaired) electrons. The molecule has 2 aromatic heterocycles. The molecule has 5 atom stereocenters. The number of nitrogens with two attached hydrogens (primary N) is 1. The number of fused-ring (bicyclic) bond motifs is 1. The Morgan fingerprint density at radius 1 is 1.26 bits per heavy atom. The lowest BCUT2D eigenvalue weighted by atomic mass is 10.1. The van der Waals surface area contributed by atoms with Crippen molar-refractivity contribution in [2.75, 3.05) is 18.9 Å². The number of aromatic nitrogens is 4. The monoisotopic (exact) mass is 391 g/mol. The average molecular weight is 391 g/mol. The number of aliphatic hydroxyl groups is 5. The number of anilines is 1. The fourth-order valence-corrected chi connectivity index (χ4v) is 2.96. The summed E-state index contributed by atoms with van der Waals surface area (Å²) < 4.78 is 7.00. The molecule has 1 fully saturated rings. The van der Waals surface area contributed by atoms with E-state index in [1.165, 1.54) is 0 Å². The van der Waals surface area contributed by atoms with Gasteiger partial charge in [-0.15, -0.1) is 0 Å². The van der Waals surface area contributed by atoms with E-state index in [4.69, 9.17) is 15.6 Å². The van der Waals surface area contributed by atoms with Crippen LogP contribution in [0.1, 0.15) is 6.23 Å². The van der Waals surface area contributed by atoms with Gasteiger partial charge in [0.05, 0.1) is 25.9 Å². The van der Waals surface area contributed by atoms with Gasteiger partial charge < -0.3 is 41.5 Å². The fourth-order valence-electron chi connectivity index (χ4n) is 2.96. The minimum atomic E-state index is -1.59. The smallest absolute Gasteiger partial charge is 0.332 e. The Morgan fingerprint density at radius 3 is 2.48 bits per heavy atom. The summed E-state index contributed by atoms with van der Waals surface area (Å²) in [7, 11) is 0. The van der Waals surface area contributed by atoms with Crippen LogP contribution in [0.3, 0.4) is 0 Å². The van der Waals surface area contributed by atoms with Crippen molar-refractivity contribution in [3.05, 3.63) is 20.8 Å². The number of H-pyrrole nitrogens is 1. The molecule has 0 spiro atoms. The Hall–Kier alpha value is -2.33. The SMILES string of the molecule is Nc1nc2c(c(=O)[nH]1)n(CC(O)CO)c(=O)n2[C@@H]1O[C@H](CO)[C@@H](O)[C@H]1O.O. The summed E-state index contributed by atoms with van der Waals surface area (Å²) in [6.45, 7) is -1.70. The van der Waals surface area contributed by atoms with Gasteiger partial charge in [0.25, 0.3) is 5.56 Å². The molecule has 14 heteroatoms. The van der Waals surface area contributed by atoms with Gasteiger partial charge in [0.15, 0.2) is 17.4 Å². The third-order valence-corrected chi connectivity index (χ3v) is 4.21. The first kappa shape index (κ1) is 21.0. The molecule has 3 heterocycles. The first-order valence-corrected chi connectivity index (χ1v) is 7.72. The summed E-state index contributed by atoms with van der Waals surface area (Å²) >= 11 is 0. The second-order valence-corrected chi connectivity index (χ2v) is 5.95. The van der Waals surface area contributed by atoms with Crippen LogP contribution in [0.15, 0.2) is 9.59 Å². The molecule has 3 rings (SSSR count). The molecule has 14 nitrogen and oxygen atoms in total. The number of aliphatic hydroxyl groups excluding tert-OH is 5. The Labute approximate surface area is 150 Å². The number of ether oxygens (including phenoxy) is 1. The Balaban J connectivity index is 0.00000261. The van der Waals surface area contributed by atoms with Crippen molar-refractivity contribution in [1.82, 2.24) is 19.1 Å². The lowest BCUT2D eigenvalue weighted by Crippen LogP contribution is -2.37. The molecule has 1 aliphatic rings. The van der Waals surface area contributed by atoms with Crippen LogP contribution in [0.5, 0.6) is 0 Å². The highest BCUT2D eigenvalue weighted by atomic mass is 16.6.